The number of carbonyl (C=O) groups is 2. The van der Waals surface area contributed by atoms with Crippen LogP contribution in [-0.2, 0) is 11.3 Å². The van der Waals surface area contributed by atoms with Gasteiger partial charge in [0, 0.05) is 31.6 Å². The summed E-state index contributed by atoms with van der Waals surface area (Å²) in [6.07, 6.45) is 0.978. The van der Waals surface area contributed by atoms with Crippen LogP contribution in [0.15, 0.2) is 54.6 Å². The van der Waals surface area contributed by atoms with Crippen molar-refractivity contribution in [3.63, 3.8) is 0 Å². The molecule has 0 radical (unpaired) electrons. The molecule has 2 rings (SSSR count). The molecule has 0 aliphatic heterocycles. The molecule has 0 saturated heterocycles. The summed E-state index contributed by atoms with van der Waals surface area (Å²) >= 11 is 0. The molecule has 0 aliphatic carbocycles. The van der Waals surface area contributed by atoms with Crippen molar-refractivity contribution >= 4 is 11.8 Å². The maximum Gasteiger partial charge on any atom is 0.251 e. The number of amides is 2. The minimum Gasteiger partial charge on any atom is -0.355 e. The molecule has 2 atom stereocenters. The third-order valence-corrected chi connectivity index (χ3v) is 5.20. The zero-order valence-corrected chi connectivity index (χ0v) is 17.2. The van der Waals surface area contributed by atoms with E-state index in [0.29, 0.717) is 24.6 Å². The number of nitrogens with one attached hydrogen (secondary N) is 2. The molecule has 0 fully saturated rings. The SMILES string of the molecule is CC[C@H](CNC(=O)[C@@H](C)N(C)Cc1ccc(C(=O)NC)cc1)c1ccccc1. The van der Waals surface area contributed by atoms with E-state index in [9.17, 15) is 9.59 Å². The van der Waals surface area contributed by atoms with E-state index < -0.39 is 0 Å². The van der Waals surface area contributed by atoms with Crippen LogP contribution in [0.4, 0.5) is 0 Å². The van der Waals surface area contributed by atoms with Crippen LogP contribution in [0.3, 0.4) is 0 Å². The molecule has 28 heavy (non-hydrogen) atoms. The summed E-state index contributed by atoms with van der Waals surface area (Å²) < 4.78 is 0. The van der Waals surface area contributed by atoms with Gasteiger partial charge in [-0.05, 0) is 43.7 Å². The summed E-state index contributed by atoms with van der Waals surface area (Å²) in [5, 5.41) is 5.71. The summed E-state index contributed by atoms with van der Waals surface area (Å²) in [5.74, 6) is 0.246. The monoisotopic (exact) mass is 381 g/mol. The molecule has 0 aliphatic rings. The molecule has 5 nitrogen and oxygen atoms in total. The first-order chi connectivity index (χ1) is 13.5. The van der Waals surface area contributed by atoms with Gasteiger partial charge in [0.2, 0.25) is 5.91 Å². The van der Waals surface area contributed by atoms with Crippen molar-refractivity contribution < 1.29 is 9.59 Å². The summed E-state index contributed by atoms with van der Waals surface area (Å²) in [6.45, 7) is 5.33. The van der Waals surface area contributed by atoms with E-state index in [1.54, 1.807) is 19.2 Å². The zero-order valence-electron chi connectivity index (χ0n) is 17.2. The molecule has 0 aromatic heterocycles. The van der Waals surface area contributed by atoms with Crippen molar-refractivity contribution in [1.29, 1.82) is 0 Å². The van der Waals surface area contributed by atoms with Crippen LogP contribution in [0.25, 0.3) is 0 Å². The fourth-order valence-corrected chi connectivity index (χ4v) is 3.13. The lowest BCUT2D eigenvalue weighted by molar-refractivity contribution is -0.125. The Labute approximate surface area is 168 Å². The third kappa shape index (κ3) is 5.92. The van der Waals surface area contributed by atoms with Gasteiger partial charge in [-0.3, -0.25) is 14.5 Å². The maximum atomic E-state index is 12.6. The van der Waals surface area contributed by atoms with Gasteiger partial charge < -0.3 is 10.6 Å². The Balaban J connectivity index is 1.88. The Bertz CT molecular complexity index is 759. The van der Waals surface area contributed by atoms with Crippen LogP contribution in [-0.4, -0.2) is 43.4 Å². The molecule has 0 unspecified atom stereocenters. The number of rotatable bonds is 9. The van der Waals surface area contributed by atoms with Crippen LogP contribution < -0.4 is 10.6 Å². The topological polar surface area (TPSA) is 61.4 Å². The van der Waals surface area contributed by atoms with Gasteiger partial charge in [0.25, 0.3) is 5.91 Å². The van der Waals surface area contributed by atoms with Gasteiger partial charge in [0.15, 0.2) is 0 Å². The first kappa shape index (κ1) is 21.6. The first-order valence-corrected chi connectivity index (χ1v) is 9.80. The van der Waals surface area contributed by atoms with Crippen LogP contribution in [0, 0.1) is 0 Å². The molecule has 0 heterocycles. The van der Waals surface area contributed by atoms with E-state index in [-0.39, 0.29) is 17.9 Å². The molecular weight excluding hydrogens is 350 g/mol. The third-order valence-electron chi connectivity index (χ3n) is 5.20. The number of benzene rings is 2. The quantitative estimate of drug-likeness (QED) is 0.701. The highest BCUT2D eigenvalue weighted by molar-refractivity contribution is 5.93. The van der Waals surface area contributed by atoms with Crippen molar-refractivity contribution in [3.8, 4) is 0 Å². The van der Waals surface area contributed by atoms with Gasteiger partial charge in [-0.15, -0.1) is 0 Å². The van der Waals surface area contributed by atoms with Crippen LogP contribution in [0.1, 0.15) is 47.7 Å². The minimum atomic E-state index is -0.244. The van der Waals surface area contributed by atoms with Crippen molar-refractivity contribution in [2.75, 3.05) is 20.6 Å². The predicted molar refractivity (Wildman–Crippen MR) is 113 cm³/mol. The molecule has 2 aromatic carbocycles. The number of carbonyl (C=O) groups excluding carboxylic acids is 2. The Hall–Kier alpha value is -2.66. The summed E-state index contributed by atoms with van der Waals surface area (Å²) in [5.41, 5.74) is 2.94. The first-order valence-electron chi connectivity index (χ1n) is 9.80. The van der Waals surface area contributed by atoms with E-state index in [1.807, 2.05) is 49.2 Å². The number of hydrogen-bond donors (Lipinski definition) is 2. The van der Waals surface area contributed by atoms with Gasteiger partial charge >= 0.3 is 0 Å². The molecule has 2 aromatic rings. The van der Waals surface area contributed by atoms with Crippen LogP contribution in [0.5, 0.6) is 0 Å². The zero-order chi connectivity index (χ0) is 20.5. The second-order valence-corrected chi connectivity index (χ2v) is 7.13. The molecule has 0 saturated carbocycles. The highest BCUT2D eigenvalue weighted by atomic mass is 16.2. The lowest BCUT2D eigenvalue weighted by Gasteiger charge is -2.25. The predicted octanol–water partition coefficient (Wildman–Crippen LogP) is 3.18. The van der Waals surface area contributed by atoms with E-state index in [0.717, 1.165) is 12.0 Å². The van der Waals surface area contributed by atoms with E-state index >= 15 is 0 Å². The Morgan fingerprint density at radius 1 is 1.04 bits per heavy atom. The smallest absolute Gasteiger partial charge is 0.251 e. The molecule has 2 N–H and O–H groups in total. The van der Waals surface area contributed by atoms with Gasteiger partial charge in [-0.1, -0.05) is 49.4 Å². The fraction of sp³-hybridized carbons (Fsp3) is 0.391. The second kappa shape index (κ2) is 10.6. The van der Waals surface area contributed by atoms with Gasteiger partial charge in [0.1, 0.15) is 0 Å². The highest BCUT2D eigenvalue weighted by Gasteiger charge is 2.19. The van der Waals surface area contributed by atoms with Gasteiger partial charge in [0.05, 0.1) is 6.04 Å². The lowest BCUT2D eigenvalue weighted by atomic mass is 9.96. The maximum absolute atomic E-state index is 12.6. The highest BCUT2D eigenvalue weighted by Crippen LogP contribution is 2.18. The van der Waals surface area contributed by atoms with Crippen molar-refractivity contribution in [2.45, 2.75) is 38.8 Å². The van der Waals surface area contributed by atoms with Crippen molar-refractivity contribution in [1.82, 2.24) is 15.5 Å². The number of likely N-dealkylation sites (N-methyl/N-ethyl adjacent to an activating group) is 1. The molecule has 0 spiro atoms. The second-order valence-electron chi connectivity index (χ2n) is 7.13. The number of nitrogens with zero attached hydrogens (tertiary/aromatic N) is 1. The standard InChI is InChI=1S/C23H31N3O2/c1-5-19(20-9-7-6-8-10-20)15-25-22(27)17(2)26(4)16-18-11-13-21(14-12-18)23(28)24-3/h6-14,17,19H,5,15-16H2,1-4H3,(H,24,28)(H,25,27)/t17-,19-/m1/s1. The fourth-order valence-electron chi connectivity index (χ4n) is 3.13. The van der Waals surface area contributed by atoms with Crippen molar-refractivity contribution in [3.05, 3.63) is 71.3 Å². The van der Waals surface area contributed by atoms with E-state index in [2.05, 4.69) is 29.7 Å². The Morgan fingerprint density at radius 3 is 2.25 bits per heavy atom. The molecule has 0 bridgehead atoms. The molecule has 150 valence electrons. The van der Waals surface area contributed by atoms with Crippen LogP contribution >= 0.6 is 0 Å². The Morgan fingerprint density at radius 2 is 1.68 bits per heavy atom. The normalized spacial score (nSPS) is 13.0. The van der Waals surface area contributed by atoms with Crippen molar-refractivity contribution in [2.24, 2.45) is 0 Å². The summed E-state index contributed by atoms with van der Waals surface area (Å²) in [6, 6.07) is 17.5. The average molecular weight is 382 g/mol. The molecule has 5 heteroatoms. The lowest BCUT2D eigenvalue weighted by Crippen LogP contribution is -2.44. The molecule has 2 amide bonds. The average Bonchev–Trinajstić information content (AvgIpc) is 2.74. The largest absolute Gasteiger partial charge is 0.355 e. The molecular formula is C23H31N3O2. The summed E-state index contributed by atoms with van der Waals surface area (Å²) in [4.78, 5) is 26.2. The van der Waals surface area contributed by atoms with E-state index in [1.165, 1.54) is 5.56 Å². The summed E-state index contributed by atoms with van der Waals surface area (Å²) in [7, 11) is 3.55. The minimum absolute atomic E-state index is 0.0267. The van der Waals surface area contributed by atoms with Crippen LogP contribution in [0.2, 0.25) is 0 Å². The Kier molecular flexibility index (Phi) is 8.20. The van der Waals surface area contributed by atoms with Gasteiger partial charge in [-0.25, -0.2) is 0 Å². The number of hydrogen-bond acceptors (Lipinski definition) is 3. The van der Waals surface area contributed by atoms with Gasteiger partial charge in [-0.2, -0.15) is 0 Å². The van der Waals surface area contributed by atoms with E-state index in [4.69, 9.17) is 0 Å².